The van der Waals surface area contributed by atoms with Crippen LogP contribution in [0, 0.1) is 6.92 Å². The maximum absolute atomic E-state index is 12.5. The van der Waals surface area contributed by atoms with Gasteiger partial charge in [-0.25, -0.2) is 4.68 Å². The maximum atomic E-state index is 12.5. The lowest BCUT2D eigenvalue weighted by atomic mass is 10.2. The highest BCUT2D eigenvalue weighted by molar-refractivity contribution is 5.95. The Bertz CT molecular complexity index is 1140. The van der Waals surface area contributed by atoms with Crippen molar-refractivity contribution in [3.05, 3.63) is 76.4 Å². The maximum Gasteiger partial charge on any atom is 0.293 e. The van der Waals surface area contributed by atoms with Crippen molar-refractivity contribution >= 4 is 11.6 Å². The van der Waals surface area contributed by atoms with Crippen molar-refractivity contribution in [1.82, 2.24) is 34.7 Å². The fraction of sp³-hybridized carbons (Fsp3) is 0.118. The largest absolute Gasteiger partial charge is 0.345 e. The smallest absolute Gasteiger partial charge is 0.293 e. The van der Waals surface area contributed by atoms with Crippen molar-refractivity contribution in [2.24, 2.45) is 0 Å². The summed E-state index contributed by atoms with van der Waals surface area (Å²) in [6.07, 6.45) is 4.67. The number of amides is 1. The van der Waals surface area contributed by atoms with Crippen LogP contribution in [-0.4, -0.2) is 35.3 Å². The van der Waals surface area contributed by atoms with Crippen LogP contribution in [0.2, 0.25) is 0 Å². The molecule has 0 saturated heterocycles. The lowest BCUT2D eigenvalue weighted by Crippen LogP contribution is -2.24. The summed E-state index contributed by atoms with van der Waals surface area (Å²) in [5.74, 6) is 0.193. The van der Waals surface area contributed by atoms with Crippen LogP contribution in [0.5, 0.6) is 0 Å². The molecule has 0 bridgehead atoms. The molecule has 1 amide bonds. The number of benzene rings is 1. The second kappa shape index (κ2) is 6.28. The summed E-state index contributed by atoms with van der Waals surface area (Å²) in [7, 11) is 0. The van der Waals surface area contributed by atoms with Gasteiger partial charge in [-0.3, -0.25) is 14.0 Å². The number of para-hydroxylation sites is 1. The minimum Gasteiger partial charge on any atom is -0.345 e. The van der Waals surface area contributed by atoms with Gasteiger partial charge in [0.05, 0.1) is 29.7 Å². The fourth-order valence-corrected chi connectivity index (χ4v) is 2.72. The van der Waals surface area contributed by atoms with Crippen molar-refractivity contribution in [3.63, 3.8) is 0 Å². The number of rotatable bonds is 4. The van der Waals surface area contributed by atoms with Gasteiger partial charge in [-0.2, -0.15) is 5.10 Å². The Morgan fingerprint density at radius 1 is 1.23 bits per heavy atom. The van der Waals surface area contributed by atoms with Gasteiger partial charge in [-0.15, -0.1) is 10.2 Å². The molecule has 26 heavy (non-hydrogen) atoms. The Morgan fingerprint density at radius 3 is 2.85 bits per heavy atom. The van der Waals surface area contributed by atoms with Gasteiger partial charge in [-0.1, -0.05) is 18.2 Å². The Balaban J connectivity index is 1.55. The average molecular weight is 349 g/mol. The molecule has 1 aromatic carbocycles. The van der Waals surface area contributed by atoms with Crippen LogP contribution < -0.4 is 10.9 Å². The van der Waals surface area contributed by atoms with E-state index in [0.717, 1.165) is 11.4 Å². The molecule has 0 radical (unpaired) electrons. The zero-order chi connectivity index (χ0) is 18.1. The summed E-state index contributed by atoms with van der Waals surface area (Å²) in [5, 5.41) is 14.9. The number of fused-ring (bicyclic) bond motifs is 1. The molecule has 0 aliphatic carbocycles. The number of aromatic nitrogens is 6. The van der Waals surface area contributed by atoms with E-state index >= 15 is 0 Å². The summed E-state index contributed by atoms with van der Waals surface area (Å²) < 4.78 is 3.25. The minimum absolute atomic E-state index is 0.138. The molecule has 3 aromatic heterocycles. The second-order valence-corrected chi connectivity index (χ2v) is 5.67. The molecule has 0 aliphatic rings. The lowest BCUT2D eigenvalue weighted by Gasteiger charge is -2.06. The minimum atomic E-state index is -0.336. The van der Waals surface area contributed by atoms with Crippen molar-refractivity contribution in [3.8, 4) is 5.69 Å². The van der Waals surface area contributed by atoms with E-state index in [4.69, 9.17) is 0 Å². The second-order valence-electron chi connectivity index (χ2n) is 5.67. The van der Waals surface area contributed by atoms with Crippen molar-refractivity contribution in [1.29, 1.82) is 0 Å². The molecule has 0 fully saturated rings. The number of hydrogen-bond donors (Lipinski definition) is 2. The molecule has 4 aromatic rings. The molecule has 9 nitrogen and oxygen atoms in total. The molecule has 4 rings (SSSR count). The molecule has 9 heteroatoms. The van der Waals surface area contributed by atoms with E-state index in [1.165, 1.54) is 12.4 Å². The molecule has 2 N–H and O–H groups in total. The number of carbonyl (C=O) groups excluding carboxylic acids is 1. The van der Waals surface area contributed by atoms with Gasteiger partial charge in [0.2, 0.25) is 5.65 Å². The number of carbonyl (C=O) groups is 1. The van der Waals surface area contributed by atoms with E-state index in [9.17, 15) is 9.59 Å². The summed E-state index contributed by atoms with van der Waals surface area (Å²) >= 11 is 0. The molecular formula is C17H15N7O2. The zero-order valence-electron chi connectivity index (χ0n) is 13.9. The van der Waals surface area contributed by atoms with E-state index in [2.05, 4.69) is 25.6 Å². The summed E-state index contributed by atoms with van der Waals surface area (Å²) in [4.78, 5) is 26.7. The third-order valence-electron chi connectivity index (χ3n) is 4.07. The molecule has 0 unspecified atom stereocenters. The van der Waals surface area contributed by atoms with Crippen LogP contribution >= 0.6 is 0 Å². The Morgan fingerprint density at radius 2 is 2.04 bits per heavy atom. The molecule has 0 aliphatic heterocycles. The van der Waals surface area contributed by atoms with Crippen molar-refractivity contribution in [2.75, 3.05) is 0 Å². The predicted molar refractivity (Wildman–Crippen MR) is 93.1 cm³/mol. The topological polar surface area (TPSA) is 110 Å². The van der Waals surface area contributed by atoms with Crippen molar-refractivity contribution < 1.29 is 4.79 Å². The van der Waals surface area contributed by atoms with E-state index in [1.54, 1.807) is 15.3 Å². The van der Waals surface area contributed by atoms with Gasteiger partial charge in [0, 0.05) is 12.4 Å². The average Bonchev–Trinajstić information content (AvgIpc) is 3.25. The van der Waals surface area contributed by atoms with E-state index in [-0.39, 0.29) is 23.7 Å². The molecule has 0 spiro atoms. The third kappa shape index (κ3) is 2.65. The molecule has 0 atom stereocenters. The molecule has 0 saturated carbocycles. The zero-order valence-corrected chi connectivity index (χ0v) is 13.9. The number of hydrogen-bond acceptors (Lipinski definition) is 5. The molecule has 130 valence electrons. The summed E-state index contributed by atoms with van der Waals surface area (Å²) in [5.41, 5.74) is 1.94. The van der Waals surface area contributed by atoms with Gasteiger partial charge in [0.1, 0.15) is 0 Å². The Labute approximate surface area is 147 Å². The van der Waals surface area contributed by atoms with Crippen LogP contribution in [0.4, 0.5) is 0 Å². The van der Waals surface area contributed by atoms with Gasteiger partial charge < -0.3 is 10.3 Å². The summed E-state index contributed by atoms with van der Waals surface area (Å²) in [6, 6.07) is 9.58. The third-order valence-corrected chi connectivity index (χ3v) is 4.07. The van der Waals surface area contributed by atoms with E-state index < -0.39 is 0 Å². The first-order chi connectivity index (χ1) is 12.6. The van der Waals surface area contributed by atoms with E-state index in [0.29, 0.717) is 11.4 Å². The predicted octanol–water partition coefficient (Wildman–Crippen LogP) is 0.842. The first kappa shape index (κ1) is 15.8. The van der Waals surface area contributed by atoms with Crippen LogP contribution in [0.1, 0.15) is 21.9 Å². The molecule has 3 heterocycles. The van der Waals surface area contributed by atoms with E-state index in [1.807, 2.05) is 37.3 Å². The number of nitrogens with zero attached hydrogens (tertiary/aromatic N) is 5. The number of nitrogens with one attached hydrogen (secondary N) is 2. The number of aromatic amines is 1. The number of H-pyrrole nitrogens is 1. The van der Waals surface area contributed by atoms with Crippen LogP contribution in [-0.2, 0) is 6.54 Å². The highest BCUT2D eigenvalue weighted by atomic mass is 16.1. The SMILES string of the molecule is Cc1c(C(=O)NCc2nnc3c(=O)[nH]ccn23)cnn1-c1ccccc1. The van der Waals surface area contributed by atoms with Crippen LogP contribution in [0.3, 0.4) is 0 Å². The van der Waals surface area contributed by atoms with Gasteiger partial charge in [0.15, 0.2) is 5.82 Å². The van der Waals surface area contributed by atoms with Crippen LogP contribution in [0.15, 0.2) is 53.7 Å². The highest BCUT2D eigenvalue weighted by Crippen LogP contribution is 2.13. The quantitative estimate of drug-likeness (QED) is 0.567. The monoisotopic (exact) mass is 349 g/mol. The van der Waals surface area contributed by atoms with Crippen LogP contribution in [0.25, 0.3) is 11.3 Å². The normalized spacial score (nSPS) is 11.0. The lowest BCUT2D eigenvalue weighted by molar-refractivity contribution is 0.0949. The first-order valence-corrected chi connectivity index (χ1v) is 7.94. The first-order valence-electron chi connectivity index (χ1n) is 7.94. The van der Waals surface area contributed by atoms with Crippen molar-refractivity contribution in [2.45, 2.75) is 13.5 Å². The summed E-state index contributed by atoms with van der Waals surface area (Å²) in [6.45, 7) is 1.97. The van der Waals surface area contributed by atoms with Gasteiger partial charge >= 0.3 is 0 Å². The molecular weight excluding hydrogens is 334 g/mol. The highest BCUT2D eigenvalue weighted by Gasteiger charge is 2.16. The standard InChI is InChI=1S/C17H15N7O2/c1-11-13(9-20-24(11)12-5-3-2-4-6-12)16(25)19-10-14-21-22-15-17(26)18-7-8-23(14)15/h2-9H,10H2,1H3,(H,18,26)(H,19,25). The Hall–Kier alpha value is -3.75. The van der Waals surface area contributed by atoms with Gasteiger partial charge in [0.25, 0.3) is 11.5 Å². The fourth-order valence-electron chi connectivity index (χ4n) is 2.72. The van der Waals surface area contributed by atoms with Gasteiger partial charge in [-0.05, 0) is 19.1 Å². The Kier molecular flexibility index (Phi) is 3.81.